The maximum atomic E-state index is 13.6. The summed E-state index contributed by atoms with van der Waals surface area (Å²) in [5.41, 5.74) is 2.17. The van der Waals surface area contributed by atoms with Gasteiger partial charge in [0.25, 0.3) is 0 Å². The van der Waals surface area contributed by atoms with Gasteiger partial charge in [-0.15, -0.1) is 10.2 Å². The Balaban J connectivity index is 1.36. The molecule has 2 aromatic heterocycles. The van der Waals surface area contributed by atoms with Crippen LogP contribution in [0.2, 0.25) is 0 Å². The molecule has 0 spiro atoms. The van der Waals surface area contributed by atoms with Crippen LogP contribution in [0.5, 0.6) is 0 Å². The first kappa shape index (κ1) is 19.1. The molecule has 150 valence electrons. The number of anilines is 4. The van der Waals surface area contributed by atoms with Crippen LogP contribution in [-0.4, -0.2) is 26.0 Å². The molecule has 2 amide bonds. The number of rotatable bonds is 5. The van der Waals surface area contributed by atoms with Gasteiger partial charge in [-0.3, -0.25) is 0 Å². The molecule has 8 nitrogen and oxygen atoms in total. The van der Waals surface area contributed by atoms with Gasteiger partial charge in [0.2, 0.25) is 0 Å². The summed E-state index contributed by atoms with van der Waals surface area (Å²) in [6.45, 7) is 1.61. The van der Waals surface area contributed by atoms with E-state index in [-0.39, 0.29) is 5.82 Å². The fourth-order valence-electron chi connectivity index (χ4n) is 2.73. The average molecular weight is 403 g/mol. The van der Waals surface area contributed by atoms with Crippen LogP contribution in [0.25, 0.3) is 5.82 Å². The predicted molar refractivity (Wildman–Crippen MR) is 113 cm³/mol. The molecule has 0 aliphatic carbocycles. The first-order valence-corrected chi connectivity index (χ1v) is 9.12. The SMILES string of the molecule is Cc1c(F)cccc1NC(=O)Nc1ccc(Nc2ccc(-n3cccn3)nn2)cc1. The van der Waals surface area contributed by atoms with Gasteiger partial charge in [0.1, 0.15) is 5.82 Å². The minimum atomic E-state index is -0.454. The molecule has 4 aromatic rings. The Bertz CT molecular complexity index is 1140. The molecule has 0 unspecified atom stereocenters. The summed E-state index contributed by atoms with van der Waals surface area (Å²) >= 11 is 0. The molecule has 3 N–H and O–H groups in total. The van der Waals surface area contributed by atoms with Crippen molar-refractivity contribution < 1.29 is 9.18 Å². The highest BCUT2D eigenvalue weighted by Gasteiger charge is 2.08. The number of benzene rings is 2. The summed E-state index contributed by atoms with van der Waals surface area (Å²) in [6, 6.07) is 16.6. The molecule has 2 aromatic carbocycles. The van der Waals surface area contributed by atoms with E-state index in [0.29, 0.717) is 28.6 Å². The van der Waals surface area contributed by atoms with Crippen LogP contribution in [0.15, 0.2) is 73.1 Å². The molecule has 0 radical (unpaired) electrons. The molecule has 0 saturated heterocycles. The highest BCUT2D eigenvalue weighted by Crippen LogP contribution is 2.20. The van der Waals surface area contributed by atoms with Crippen molar-refractivity contribution in [1.82, 2.24) is 20.0 Å². The van der Waals surface area contributed by atoms with Gasteiger partial charge in [-0.05, 0) is 61.5 Å². The van der Waals surface area contributed by atoms with Crippen molar-refractivity contribution in [2.75, 3.05) is 16.0 Å². The summed E-state index contributed by atoms with van der Waals surface area (Å²) in [7, 11) is 0. The van der Waals surface area contributed by atoms with Gasteiger partial charge in [-0.25, -0.2) is 13.9 Å². The maximum absolute atomic E-state index is 13.6. The fraction of sp³-hybridized carbons (Fsp3) is 0.0476. The van der Waals surface area contributed by atoms with Crippen LogP contribution in [0.3, 0.4) is 0 Å². The van der Waals surface area contributed by atoms with E-state index in [9.17, 15) is 9.18 Å². The van der Waals surface area contributed by atoms with Crippen molar-refractivity contribution in [3.63, 3.8) is 0 Å². The Morgan fingerprint density at radius 1 is 0.933 bits per heavy atom. The first-order chi connectivity index (χ1) is 14.6. The molecule has 9 heteroatoms. The van der Waals surface area contributed by atoms with Crippen molar-refractivity contribution in [2.45, 2.75) is 6.92 Å². The van der Waals surface area contributed by atoms with Crippen molar-refractivity contribution >= 4 is 28.9 Å². The lowest BCUT2D eigenvalue weighted by molar-refractivity contribution is 0.262. The lowest BCUT2D eigenvalue weighted by Gasteiger charge is -2.11. The zero-order valence-corrected chi connectivity index (χ0v) is 16.0. The lowest BCUT2D eigenvalue weighted by atomic mass is 10.2. The number of nitrogens with one attached hydrogen (secondary N) is 3. The van der Waals surface area contributed by atoms with Crippen molar-refractivity contribution in [1.29, 1.82) is 0 Å². The first-order valence-electron chi connectivity index (χ1n) is 9.12. The van der Waals surface area contributed by atoms with Crippen molar-refractivity contribution in [2.24, 2.45) is 0 Å². The number of amides is 2. The van der Waals surface area contributed by atoms with Gasteiger partial charge < -0.3 is 16.0 Å². The average Bonchev–Trinajstić information content (AvgIpc) is 3.28. The van der Waals surface area contributed by atoms with Crippen LogP contribution in [-0.2, 0) is 0 Å². The smallest absolute Gasteiger partial charge is 0.323 e. The van der Waals surface area contributed by atoms with E-state index in [1.165, 1.54) is 6.07 Å². The molecule has 30 heavy (non-hydrogen) atoms. The van der Waals surface area contributed by atoms with E-state index >= 15 is 0 Å². The number of carbonyl (C=O) groups excluding carboxylic acids is 1. The summed E-state index contributed by atoms with van der Waals surface area (Å²) in [4.78, 5) is 12.2. The van der Waals surface area contributed by atoms with E-state index in [1.54, 1.807) is 72.5 Å². The number of carbonyl (C=O) groups is 1. The normalized spacial score (nSPS) is 10.5. The van der Waals surface area contributed by atoms with Crippen LogP contribution in [0.4, 0.5) is 32.1 Å². The van der Waals surface area contributed by atoms with E-state index in [1.807, 2.05) is 6.07 Å². The monoisotopic (exact) mass is 403 g/mol. The molecule has 2 heterocycles. The zero-order chi connectivity index (χ0) is 20.9. The molecule has 0 bridgehead atoms. The second-order valence-corrected chi connectivity index (χ2v) is 6.42. The van der Waals surface area contributed by atoms with Crippen LogP contribution < -0.4 is 16.0 Å². The van der Waals surface area contributed by atoms with Gasteiger partial charge in [0.05, 0.1) is 0 Å². The van der Waals surface area contributed by atoms with E-state index in [2.05, 4.69) is 31.2 Å². The predicted octanol–water partition coefficient (Wildman–Crippen LogP) is 4.50. The summed E-state index contributed by atoms with van der Waals surface area (Å²) in [5.74, 6) is 0.819. The van der Waals surface area contributed by atoms with Crippen LogP contribution >= 0.6 is 0 Å². The molecule has 0 aliphatic heterocycles. The standard InChI is InChI=1S/C21H18FN7O/c1-14-17(22)4-2-5-18(14)26-21(30)25-16-8-6-15(7-9-16)24-19-10-11-20(28-27-19)29-13-3-12-23-29/h2-13H,1H3,(H,24,27)(H2,25,26,30). The number of aromatic nitrogens is 4. The Morgan fingerprint density at radius 3 is 2.43 bits per heavy atom. The Labute approximate surface area is 171 Å². The van der Waals surface area contributed by atoms with E-state index in [0.717, 1.165) is 5.69 Å². The molecule has 0 atom stereocenters. The lowest BCUT2D eigenvalue weighted by Crippen LogP contribution is -2.20. The highest BCUT2D eigenvalue weighted by molar-refractivity contribution is 6.00. The molecular formula is C21H18FN7O. The molecule has 4 rings (SSSR count). The van der Waals surface area contributed by atoms with Crippen molar-refractivity contribution in [3.05, 3.63) is 84.4 Å². The van der Waals surface area contributed by atoms with Gasteiger partial charge >= 0.3 is 6.03 Å². The summed E-state index contributed by atoms with van der Waals surface area (Å²) < 4.78 is 15.2. The van der Waals surface area contributed by atoms with Crippen molar-refractivity contribution in [3.8, 4) is 5.82 Å². The number of halogens is 1. The number of nitrogens with zero attached hydrogens (tertiary/aromatic N) is 4. The Kier molecular flexibility index (Phi) is 5.33. The van der Waals surface area contributed by atoms with E-state index in [4.69, 9.17) is 0 Å². The summed E-state index contributed by atoms with van der Waals surface area (Å²) in [5, 5.41) is 20.8. The van der Waals surface area contributed by atoms with Crippen LogP contribution in [0.1, 0.15) is 5.56 Å². The third-order valence-corrected chi connectivity index (χ3v) is 4.32. The summed E-state index contributed by atoms with van der Waals surface area (Å²) in [6.07, 6.45) is 3.46. The van der Waals surface area contributed by atoms with Gasteiger partial charge in [0, 0.05) is 35.0 Å². The fourth-order valence-corrected chi connectivity index (χ4v) is 2.73. The number of urea groups is 1. The zero-order valence-electron chi connectivity index (χ0n) is 16.0. The topological polar surface area (TPSA) is 96.8 Å². The molecule has 0 fully saturated rings. The minimum absolute atomic E-state index is 0.371. The van der Waals surface area contributed by atoms with Gasteiger partial charge in [0.15, 0.2) is 11.6 Å². The second-order valence-electron chi connectivity index (χ2n) is 6.42. The number of hydrogen-bond donors (Lipinski definition) is 3. The minimum Gasteiger partial charge on any atom is -0.339 e. The number of hydrogen-bond acceptors (Lipinski definition) is 5. The molecule has 0 aliphatic rings. The third kappa shape index (κ3) is 4.41. The largest absolute Gasteiger partial charge is 0.339 e. The molecule has 0 saturated carbocycles. The van der Waals surface area contributed by atoms with E-state index < -0.39 is 6.03 Å². The maximum Gasteiger partial charge on any atom is 0.323 e. The third-order valence-electron chi connectivity index (χ3n) is 4.32. The molecular weight excluding hydrogens is 385 g/mol. The Morgan fingerprint density at radius 2 is 1.73 bits per heavy atom. The quantitative estimate of drug-likeness (QED) is 0.456. The van der Waals surface area contributed by atoms with Gasteiger partial charge in [-0.2, -0.15) is 5.10 Å². The van der Waals surface area contributed by atoms with Gasteiger partial charge in [-0.1, -0.05) is 6.07 Å². The highest BCUT2D eigenvalue weighted by atomic mass is 19.1. The Hall–Kier alpha value is -4.27. The van der Waals surface area contributed by atoms with Crippen LogP contribution in [0, 0.1) is 12.7 Å². The second kappa shape index (κ2) is 8.39.